The highest BCUT2D eigenvalue weighted by Crippen LogP contribution is 2.36. The van der Waals surface area contributed by atoms with Crippen molar-refractivity contribution < 1.29 is 14.6 Å². The third-order valence-corrected chi connectivity index (χ3v) is 3.90. The highest BCUT2D eigenvalue weighted by atomic mass is 16.5. The molecule has 1 N–H and O–H groups in total. The van der Waals surface area contributed by atoms with Crippen molar-refractivity contribution >= 4 is 11.5 Å². The quantitative estimate of drug-likeness (QED) is 0.796. The molecule has 0 amide bonds. The van der Waals surface area contributed by atoms with Gasteiger partial charge >= 0.3 is 5.97 Å². The number of carbonyl (C=O) groups is 1. The molecule has 1 aromatic rings. The van der Waals surface area contributed by atoms with E-state index in [0.717, 1.165) is 43.4 Å². The van der Waals surface area contributed by atoms with Gasteiger partial charge in [0.2, 0.25) is 0 Å². The van der Waals surface area contributed by atoms with Gasteiger partial charge in [0.25, 0.3) is 0 Å². The maximum atomic E-state index is 10.8. The lowest BCUT2D eigenvalue weighted by atomic mass is 9.83. The number of benzene rings is 1. The Kier molecular flexibility index (Phi) is 5.20. The number of aryl methyl sites for hydroxylation is 1. The lowest BCUT2D eigenvalue weighted by molar-refractivity contribution is -0.131. The monoisotopic (exact) mass is 286 g/mol. The Morgan fingerprint density at radius 2 is 2.19 bits per heavy atom. The summed E-state index contributed by atoms with van der Waals surface area (Å²) in [6, 6.07) is 6.18. The number of hydrogen-bond acceptors (Lipinski definition) is 2. The Labute approximate surface area is 125 Å². The molecular formula is C18H22O3. The van der Waals surface area contributed by atoms with Gasteiger partial charge in [0, 0.05) is 6.08 Å². The number of ether oxygens (including phenoxy) is 1. The van der Waals surface area contributed by atoms with Gasteiger partial charge in [-0.25, -0.2) is 4.79 Å². The fourth-order valence-corrected chi connectivity index (χ4v) is 2.80. The van der Waals surface area contributed by atoms with Crippen LogP contribution in [0.2, 0.25) is 0 Å². The van der Waals surface area contributed by atoms with Crippen LogP contribution in [-0.4, -0.2) is 18.2 Å². The fourth-order valence-electron chi connectivity index (χ4n) is 2.80. The van der Waals surface area contributed by atoms with Crippen LogP contribution in [0.4, 0.5) is 0 Å². The lowest BCUT2D eigenvalue weighted by Gasteiger charge is -2.22. The number of carboxylic acid groups (broad SMARTS) is 1. The molecule has 0 unspecified atom stereocenters. The van der Waals surface area contributed by atoms with E-state index in [9.17, 15) is 4.79 Å². The maximum Gasteiger partial charge on any atom is 0.328 e. The van der Waals surface area contributed by atoms with Crippen LogP contribution in [-0.2, 0) is 11.2 Å². The van der Waals surface area contributed by atoms with E-state index >= 15 is 0 Å². The molecule has 0 spiro atoms. The van der Waals surface area contributed by atoms with Crippen LogP contribution in [0.5, 0.6) is 5.75 Å². The summed E-state index contributed by atoms with van der Waals surface area (Å²) in [6.45, 7) is 2.17. The average Bonchev–Trinajstić information content (AvgIpc) is 2.50. The molecule has 1 aromatic carbocycles. The second-order valence-electron chi connectivity index (χ2n) is 5.30. The number of fused-ring (bicyclic) bond motifs is 1. The van der Waals surface area contributed by atoms with E-state index in [1.807, 2.05) is 6.07 Å². The molecule has 3 heteroatoms. The molecule has 0 aliphatic heterocycles. The Morgan fingerprint density at radius 1 is 1.38 bits per heavy atom. The molecule has 0 heterocycles. The van der Waals surface area contributed by atoms with Crippen molar-refractivity contribution in [3.63, 3.8) is 0 Å². The number of unbranched alkanes of at least 4 members (excludes halogenated alkanes) is 1. The molecule has 0 saturated heterocycles. The number of methoxy groups -OCH3 is 1. The average molecular weight is 286 g/mol. The van der Waals surface area contributed by atoms with Crippen LogP contribution in [0.25, 0.3) is 5.57 Å². The van der Waals surface area contributed by atoms with Crippen molar-refractivity contribution in [2.24, 2.45) is 0 Å². The summed E-state index contributed by atoms with van der Waals surface area (Å²) in [5.41, 5.74) is 5.00. The second kappa shape index (κ2) is 7.11. The lowest BCUT2D eigenvalue weighted by Crippen LogP contribution is -2.05. The zero-order chi connectivity index (χ0) is 15.2. The molecule has 0 fully saturated rings. The summed E-state index contributed by atoms with van der Waals surface area (Å²) in [5, 5.41) is 8.84. The summed E-state index contributed by atoms with van der Waals surface area (Å²) in [4.78, 5) is 10.8. The summed E-state index contributed by atoms with van der Waals surface area (Å²) in [6.07, 6.45) is 8.08. The van der Waals surface area contributed by atoms with E-state index in [2.05, 4.69) is 19.1 Å². The van der Waals surface area contributed by atoms with E-state index in [4.69, 9.17) is 9.84 Å². The van der Waals surface area contributed by atoms with Crippen LogP contribution >= 0.6 is 0 Å². The molecule has 0 atom stereocenters. The molecule has 1 aliphatic rings. The molecule has 0 aromatic heterocycles. The minimum absolute atomic E-state index is 0.883. The maximum absolute atomic E-state index is 10.8. The Morgan fingerprint density at radius 3 is 2.86 bits per heavy atom. The summed E-state index contributed by atoms with van der Waals surface area (Å²) < 4.78 is 5.29. The number of aliphatic carboxylic acids is 1. The predicted molar refractivity (Wildman–Crippen MR) is 84.5 cm³/mol. The van der Waals surface area contributed by atoms with Gasteiger partial charge in [-0.3, -0.25) is 0 Å². The molecule has 1 aliphatic carbocycles. The SMILES string of the molecule is CCCCC1=C(C=CC(=O)O)CCc2cc(OC)ccc21. The first-order valence-electron chi connectivity index (χ1n) is 7.46. The van der Waals surface area contributed by atoms with Crippen LogP contribution in [0.1, 0.15) is 43.7 Å². The van der Waals surface area contributed by atoms with Gasteiger partial charge < -0.3 is 9.84 Å². The fraction of sp³-hybridized carbons (Fsp3) is 0.389. The third kappa shape index (κ3) is 3.75. The third-order valence-electron chi connectivity index (χ3n) is 3.90. The number of allylic oxidation sites excluding steroid dienone is 3. The van der Waals surface area contributed by atoms with Gasteiger partial charge in [0.05, 0.1) is 7.11 Å². The standard InChI is InChI=1S/C18H22O3/c1-3-4-5-16-13(8-11-18(19)20)6-7-14-12-15(21-2)9-10-17(14)16/h8-12H,3-7H2,1-2H3,(H,19,20). The summed E-state index contributed by atoms with van der Waals surface area (Å²) in [7, 11) is 1.68. The number of hydrogen-bond donors (Lipinski definition) is 1. The minimum Gasteiger partial charge on any atom is -0.497 e. The van der Waals surface area contributed by atoms with E-state index in [1.165, 1.54) is 22.8 Å². The first-order chi connectivity index (χ1) is 10.2. The Hall–Kier alpha value is -2.03. The van der Waals surface area contributed by atoms with Crippen molar-refractivity contribution in [3.05, 3.63) is 47.1 Å². The van der Waals surface area contributed by atoms with Crippen molar-refractivity contribution in [1.29, 1.82) is 0 Å². The highest BCUT2D eigenvalue weighted by Gasteiger charge is 2.18. The van der Waals surface area contributed by atoms with Gasteiger partial charge in [-0.1, -0.05) is 25.5 Å². The highest BCUT2D eigenvalue weighted by molar-refractivity contribution is 5.82. The van der Waals surface area contributed by atoms with E-state index in [1.54, 1.807) is 13.2 Å². The Bertz CT molecular complexity index is 582. The van der Waals surface area contributed by atoms with Gasteiger partial charge in [0.1, 0.15) is 5.75 Å². The molecule has 21 heavy (non-hydrogen) atoms. The normalized spacial score (nSPS) is 14.4. The smallest absolute Gasteiger partial charge is 0.328 e. The number of rotatable bonds is 6. The zero-order valence-electron chi connectivity index (χ0n) is 12.7. The van der Waals surface area contributed by atoms with Crippen LogP contribution < -0.4 is 4.74 Å². The molecule has 0 radical (unpaired) electrons. The largest absolute Gasteiger partial charge is 0.497 e. The van der Waals surface area contributed by atoms with Crippen molar-refractivity contribution in [1.82, 2.24) is 0 Å². The molecule has 0 saturated carbocycles. The molecular weight excluding hydrogens is 264 g/mol. The van der Waals surface area contributed by atoms with E-state index < -0.39 is 5.97 Å². The topological polar surface area (TPSA) is 46.5 Å². The molecule has 0 bridgehead atoms. The van der Waals surface area contributed by atoms with E-state index in [0.29, 0.717) is 0 Å². The molecule has 112 valence electrons. The van der Waals surface area contributed by atoms with Crippen molar-refractivity contribution in [2.75, 3.05) is 7.11 Å². The van der Waals surface area contributed by atoms with Crippen molar-refractivity contribution in [2.45, 2.75) is 39.0 Å². The van der Waals surface area contributed by atoms with Crippen LogP contribution in [0.15, 0.2) is 35.9 Å². The first kappa shape index (κ1) is 15.4. The van der Waals surface area contributed by atoms with Gasteiger partial charge in [-0.2, -0.15) is 0 Å². The summed E-state index contributed by atoms with van der Waals surface area (Å²) >= 11 is 0. The molecule has 2 rings (SSSR count). The van der Waals surface area contributed by atoms with Gasteiger partial charge in [-0.15, -0.1) is 0 Å². The summed E-state index contributed by atoms with van der Waals surface area (Å²) in [5.74, 6) is -0.00834. The second-order valence-corrected chi connectivity index (χ2v) is 5.30. The van der Waals surface area contributed by atoms with Crippen molar-refractivity contribution in [3.8, 4) is 5.75 Å². The zero-order valence-corrected chi connectivity index (χ0v) is 12.7. The van der Waals surface area contributed by atoms with Crippen LogP contribution in [0, 0.1) is 0 Å². The minimum atomic E-state index is -0.891. The van der Waals surface area contributed by atoms with E-state index in [-0.39, 0.29) is 0 Å². The van der Waals surface area contributed by atoms with Gasteiger partial charge in [-0.05, 0) is 60.1 Å². The first-order valence-corrected chi connectivity index (χ1v) is 7.46. The Balaban J connectivity index is 2.41. The van der Waals surface area contributed by atoms with Crippen LogP contribution in [0.3, 0.4) is 0 Å². The number of carboxylic acids is 1. The predicted octanol–water partition coefficient (Wildman–Crippen LogP) is 4.23. The molecule has 3 nitrogen and oxygen atoms in total. The van der Waals surface area contributed by atoms with Gasteiger partial charge in [0.15, 0.2) is 0 Å².